The molecule has 2 N–H and O–H groups in total. The average Bonchev–Trinajstić information content (AvgIpc) is 3.10. The molecule has 32 heavy (non-hydrogen) atoms. The number of nitrogens with zero attached hydrogens (tertiary/aromatic N) is 3. The molecule has 0 radical (unpaired) electrons. The van der Waals surface area contributed by atoms with E-state index in [9.17, 15) is 19.2 Å². The highest BCUT2D eigenvalue weighted by atomic mass is 16.7. The summed E-state index contributed by atoms with van der Waals surface area (Å²) in [5.41, 5.74) is 3.68. The Labute approximate surface area is 185 Å². The van der Waals surface area contributed by atoms with E-state index in [0.29, 0.717) is 19.4 Å². The Kier molecular flexibility index (Phi) is 6.56. The molecule has 3 unspecified atom stereocenters. The van der Waals surface area contributed by atoms with E-state index in [4.69, 9.17) is 9.47 Å². The van der Waals surface area contributed by atoms with Crippen molar-refractivity contribution in [2.75, 3.05) is 20.1 Å². The Morgan fingerprint density at radius 1 is 1.19 bits per heavy atom. The van der Waals surface area contributed by atoms with Crippen molar-refractivity contribution in [2.45, 2.75) is 50.7 Å². The number of rotatable bonds is 6. The van der Waals surface area contributed by atoms with Gasteiger partial charge in [0, 0.05) is 26.6 Å². The average molecular weight is 445 g/mol. The molecule has 4 rings (SSSR count). The van der Waals surface area contributed by atoms with Crippen molar-refractivity contribution in [1.29, 1.82) is 0 Å². The molecule has 0 aromatic heterocycles. The maximum atomic E-state index is 13.2. The van der Waals surface area contributed by atoms with Crippen LogP contribution in [0.5, 0.6) is 0 Å². The van der Waals surface area contributed by atoms with Gasteiger partial charge in [-0.05, 0) is 18.4 Å². The summed E-state index contributed by atoms with van der Waals surface area (Å²) in [6, 6.07) is 7.38. The van der Waals surface area contributed by atoms with Gasteiger partial charge in [0.2, 0.25) is 18.1 Å². The molecule has 3 saturated heterocycles. The fraction of sp³-hybridized carbons (Fsp3) is 0.524. The van der Waals surface area contributed by atoms with Gasteiger partial charge in [-0.15, -0.1) is 0 Å². The van der Waals surface area contributed by atoms with E-state index in [1.165, 1.54) is 15.0 Å². The Morgan fingerprint density at radius 2 is 1.97 bits per heavy atom. The number of nitrogens with one attached hydrogen (secondary N) is 2. The molecule has 0 spiro atoms. The van der Waals surface area contributed by atoms with Crippen LogP contribution in [0.3, 0.4) is 0 Å². The topological polar surface area (TPSA) is 121 Å². The number of ether oxygens (including phenoxy) is 2. The second-order valence-corrected chi connectivity index (χ2v) is 7.90. The number of benzene rings is 1. The van der Waals surface area contributed by atoms with Crippen molar-refractivity contribution in [3.63, 3.8) is 0 Å². The van der Waals surface area contributed by atoms with Crippen molar-refractivity contribution >= 4 is 23.8 Å². The summed E-state index contributed by atoms with van der Waals surface area (Å²) >= 11 is 0. The lowest BCUT2D eigenvalue weighted by atomic mass is 10.1. The van der Waals surface area contributed by atoms with E-state index in [2.05, 4.69) is 10.7 Å². The molecule has 3 fully saturated rings. The molecule has 0 saturated carbocycles. The van der Waals surface area contributed by atoms with Gasteiger partial charge in [-0.1, -0.05) is 30.3 Å². The molecule has 4 amide bonds. The molecule has 3 aliphatic rings. The van der Waals surface area contributed by atoms with Gasteiger partial charge in [0.25, 0.3) is 0 Å². The Balaban J connectivity index is 1.45. The van der Waals surface area contributed by atoms with E-state index >= 15 is 0 Å². The lowest BCUT2D eigenvalue weighted by Crippen LogP contribution is -2.64. The zero-order chi connectivity index (χ0) is 22.7. The third-order valence-corrected chi connectivity index (χ3v) is 5.79. The SMILES string of the molecule is CNN1CCC(=O)N2CCCC(C(=O)NC3CC(=O)OC3OCc3ccccc3)N2C1=O. The van der Waals surface area contributed by atoms with Crippen LogP contribution < -0.4 is 10.7 Å². The number of amides is 4. The molecule has 0 bridgehead atoms. The lowest BCUT2D eigenvalue weighted by Gasteiger charge is -2.43. The van der Waals surface area contributed by atoms with Crippen LogP contribution in [0.1, 0.15) is 31.2 Å². The number of carbonyl (C=O) groups excluding carboxylic acids is 4. The molecule has 3 aliphatic heterocycles. The van der Waals surface area contributed by atoms with Gasteiger partial charge in [-0.25, -0.2) is 20.2 Å². The van der Waals surface area contributed by atoms with Crippen molar-refractivity contribution in [3.8, 4) is 0 Å². The Hall–Kier alpha value is -3.18. The van der Waals surface area contributed by atoms with Crippen LogP contribution in [-0.2, 0) is 30.5 Å². The molecule has 11 heteroatoms. The van der Waals surface area contributed by atoms with Crippen LogP contribution in [0.2, 0.25) is 0 Å². The van der Waals surface area contributed by atoms with E-state index in [0.717, 1.165) is 5.56 Å². The van der Waals surface area contributed by atoms with Crippen molar-refractivity contribution in [2.24, 2.45) is 0 Å². The van der Waals surface area contributed by atoms with Crippen LogP contribution in [0.4, 0.5) is 4.79 Å². The standard InChI is InChI=1S/C21H27N5O6/c1-22-24-11-9-17(27)25-10-5-8-16(26(25)21(24)30)19(29)23-15-12-18(28)32-20(15)31-13-14-6-3-2-4-7-14/h2-4,6-7,15-16,20,22H,5,8-13H2,1H3,(H,23,29). The zero-order valence-electron chi connectivity index (χ0n) is 17.9. The van der Waals surface area contributed by atoms with Gasteiger partial charge in [-0.2, -0.15) is 0 Å². The first-order valence-corrected chi connectivity index (χ1v) is 10.7. The molecular formula is C21H27N5O6. The molecular weight excluding hydrogens is 418 g/mol. The van der Waals surface area contributed by atoms with E-state index in [1.807, 2.05) is 30.3 Å². The van der Waals surface area contributed by atoms with Crippen molar-refractivity contribution in [1.82, 2.24) is 25.8 Å². The lowest BCUT2D eigenvalue weighted by molar-refractivity contribution is -0.169. The normalized spacial score (nSPS) is 26.0. The van der Waals surface area contributed by atoms with Crippen molar-refractivity contribution < 1.29 is 28.7 Å². The third-order valence-electron chi connectivity index (χ3n) is 5.79. The highest BCUT2D eigenvalue weighted by molar-refractivity contribution is 5.91. The van der Waals surface area contributed by atoms with Crippen LogP contribution >= 0.6 is 0 Å². The summed E-state index contributed by atoms with van der Waals surface area (Å²) in [6.45, 7) is 0.814. The summed E-state index contributed by atoms with van der Waals surface area (Å²) in [6.07, 6.45) is 0.188. The number of urea groups is 1. The molecule has 172 valence electrons. The minimum atomic E-state index is -0.929. The van der Waals surface area contributed by atoms with Gasteiger partial charge >= 0.3 is 12.0 Å². The number of hydrogen-bond acceptors (Lipinski definition) is 7. The quantitative estimate of drug-likeness (QED) is 0.597. The second kappa shape index (κ2) is 9.53. The number of fused-ring (bicyclic) bond motifs is 1. The van der Waals surface area contributed by atoms with Crippen LogP contribution in [0, 0.1) is 0 Å². The van der Waals surface area contributed by atoms with Crippen LogP contribution in [0.25, 0.3) is 0 Å². The maximum Gasteiger partial charge on any atom is 0.353 e. The summed E-state index contributed by atoms with van der Waals surface area (Å²) in [4.78, 5) is 50.6. The maximum absolute atomic E-state index is 13.2. The number of carbonyl (C=O) groups is 4. The van der Waals surface area contributed by atoms with Crippen molar-refractivity contribution in [3.05, 3.63) is 35.9 Å². The van der Waals surface area contributed by atoms with Crippen LogP contribution in [0.15, 0.2) is 30.3 Å². The molecule has 1 aromatic carbocycles. The van der Waals surface area contributed by atoms with Gasteiger partial charge in [0.05, 0.1) is 13.0 Å². The first kappa shape index (κ1) is 22.0. The van der Waals surface area contributed by atoms with Gasteiger partial charge in [0.15, 0.2) is 0 Å². The Bertz CT molecular complexity index is 881. The van der Waals surface area contributed by atoms with Crippen LogP contribution in [-0.4, -0.2) is 77.4 Å². The third kappa shape index (κ3) is 4.53. The molecule has 11 nitrogen and oxygen atoms in total. The Morgan fingerprint density at radius 3 is 2.72 bits per heavy atom. The fourth-order valence-electron chi connectivity index (χ4n) is 4.16. The highest BCUT2D eigenvalue weighted by Crippen LogP contribution is 2.25. The summed E-state index contributed by atoms with van der Waals surface area (Å²) in [5, 5.41) is 6.70. The number of esters is 1. The van der Waals surface area contributed by atoms with E-state index < -0.39 is 36.3 Å². The minimum Gasteiger partial charge on any atom is -0.433 e. The first-order chi connectivity index (χ1) is 15.5. The predicted octanol–water partition coefficient (Wildman–Crippen LogP) is 0.129. The zero-order valence-corrected chi connectivity index (χ0v) is 17.9. The highest BCUT2D eigenvalue weighted by Gasteiger charge is 2.45. The predicted molar refractivity (Wildman–Crippen MR) is 110 cm³/mol. The molecule has 3 heterocycles. The number of cyclic esters (lactones) is 1. The minimum absolute atomic E-state index is 0.0306. The first-order valence-electron chi connectivity index (χ1n) is 10.7. The molecule has 1 aromatic rings. The second-order valence-electron chi connectivity index (χ2n) is 7.90. The van der Waals surface area contributed by atoms with E-state index in [1.54, 1.807) is 7.05 Å². The van der Waals surface area contributed by atoms with Gasteiger partial charge < -0.3 is 14.8 Å². The smallest absolute Gasteiger partial charge is 0.353 e. The molecule has 3 atom stereocenters. The summed E-state index contributed by atoms with van der Waals surface area (Å²) in [7, 11) is 1.59. The van der Waals surface area contributed by atoms with Gasteiger partial charge in [-0.3, -0.25) is 19.4 Å². The monoisotopic (exact) mass is 445 g/mol. The number of hydrazine groups is 2. The summed E-state index contributed by atoms with van der Waals surface area (Å²) < 4.78 is 11.0. The molecule has 0 aliphatic carbocycles. The van der Waals surface area contributed by atoms with E-state index in [-0.39, 0.29) is 31.9 Å². The largest absolute Gasteiger partial charge is 0.433 e. The fourth-order valence-corrected chi connectivity index (χ4v) is 4.16. The van der Waals surface area contributed by atoms with Gasteiger partial charge in [0.1, 0.15) is 12.1 Å². The number of hydrogen-bond donors (Lipinski definition) is 2. The summed E-state index contributed by atoms with van der Waals surface area (Å²) in [5.74, 6) is -1.14.